The molecule has 1 aromatic carbocycles. The van der Waals surface area contributed by atoms with E-state index in [1.807, 2.05) is 13.8 Å². The first-order valence-electron chi connectivity index (χ1n) is 5.42. The second-order valence-electron chi connectivity index (χ2n) is 4.77. The van der Waals surface area contributed by atoms with Gasteiger partial charge in [0.25, 0.3) is 0 Å². The summed E-state index contributed by atoms with van der Waals surface area (Å²) in [4.78, 5) is 11.8. The third kappa shape index (κ3) is 1.94. The zero-order valence-electron chi connectivity index (χ0n) is 9.71. The Morgan fingerprint density at radius 2 is 2.19 bits per heavy atom. The topological polar surface area (TPSA) is 26.3 Å². The summed E-state index contributed by atoms with van der Waals surface area (Å²) >= 11 is 0. The van der Waals surface area contributed by atoms with Gasteiger partial charge in [-0.3, -0.25) is 0 Å². The van der Waals surface area contributed by atoms with Crippen LogP contribution in [0.3, 0.4) is 0 Å². The van der Waals surface area contributed by atoms with E-state index in [0.717, 1.165) is 6.42 Å². The van der Waals surface area contributed by atoms with E-state index in [1.54, 1.807) is 6.92 Å². The van der Waals surface area contributed by atoms with E-state index < -0.39 is 0 Å². The maximum atomic E-state index is 13.0. The molecule has 0 spiro atoms. The van der Waals surface area contributed by atoms with Crippen molar-refractivity contribution in [2.75, 3.05) is 0 Å². The number of benzene rings is 1. The van der Waals surface area contributed by atoms with Crippen LogP contribution in [0.25, 0.3) is 0 Å². The van der Waals surface area contributed by atoms with Gasteiger partial charge in [0.2, 0.25) is 0 Å². The zero-order chi connectivity index (χ0) is 11.9. The van der Waals surface area contributed by atoms with Gasteiger partial charge in [-0.05, 0) is 49.9 Å². The molecule has 0 N–H and O–H groups in total. The number of halogens is 1. The summed E-state index contributed by atoms with van der Waals surface area (Å²) in [6.45, 7) is 5.60. The molecule has 0 saturated heterocycles. The van der Waals surface area contributed by atoms with Gasteiger partial charge in [-0.1, -0.05) is 6.92 Å². The van der Waals surface area contributed by atoms with Crippen LogP contribution in [-0.4, -0.2) is 11.6 Å². The van der Waals surface area contributed by atoms with Crippen LogP contribution in [0.1, 0.15) is 36.2 Å². The van der Waals surface area contributed by atoms with E-state index in [4.69, 9.17) is 4.74 Å². The molecule has 0 amide bonds. The standard InChI is InChI=1S/C13H15FO2/c1-8-6-10(4-5-11(8)14)12(15)16-13(3)7-9(13)2/h4-6,9H,7H2,1-3H3/t9-,13-/m1/s1. The van der Waals surface area contributed by atoms with Gasteiger partial charge < -0.3 is 4.74 Å². The molecule has 0 radical (unpaired) electrons. The summed E-state index contributed by atoms with van der Waals surface area (Å²) in [6, 6.07) is 4.28. The van der Waals surface area contributed by atoms with Crippen molar-refractivity contribution >= 4 is 5.97 Å². The van der Waals surface area contributed by atoms with Crippen LogP contribution >= 0.6 is 0 Å². The normalized spacial score (nSPS) is 27.6. The van der Waals surface area contributed by atoms with Crippen molar-refractivity contribution in [2.24, 2.45) is 5.92 Å². The smallest absolute Gasteiger partial charge is 0.338 e. The molecule has 3 heteroatoms. The predicted octanol–water partition coefficient (Wildman–Crippen LogP) is 3.09. The van der Waals surface area contributed by atoms with Gasteiger partial charge in [0.05, 0.1) is 5.56 Å². The number of carbonyl (C=O) groups excluding carboxylic acids is 1. The van der Waals surface area contributed by atoms with E-state index >= 15 is 0 Å². The van der Waals surface area contributed by atoms with Gasteiger partial charge in [0.15, 0.2) is 0 Å². The van der Waals surface area contributed by atoms with Gasteiger partial charge in [-0.25, -0.2) is 9.18 Å². The quantitative estimate of drug-likeness (QED) is 0.719. The Kier molecular flexibility index (Phi) is 2.49. The van der Waals surface area contributed by atoms with E-state index in [0.29, 0.717) is 17.0 Å². The Labute approximate surface area is 94.4 Å². The number of hydrogen-bond donors (Lipinski definition) is 0. The molecular weight excluding hydrogens is 207 g/mol. The van der Waals surface area contributed by atoms with E-state index in [2.05, 4.69) is 0 Å². The molecule has 16 heavy (non-hydrogen) atoms. The SMILES string of the molecule is Cc1cc(C(=O)O[C@]2(C)C[C@H]2C)ccc1F. The van der Waals surface area contributed by atoms with Crippen LogP contribution in [0.4, 0.5) is 4.39 Å². The first kappa shape index (κ1) is 11.1. The van der Waals surface area contributed by atoms with E-state index in [-0.39, 0.29) is 17.4 Å². The highest BCUT2D eigenvalue weighted by Crippen LogP contribution is 2.46. The Hall–Kier alpha value is -1.38. The molecule has 1 aliphatic rings. The van der Waals surface area contributed by atoms with Crippen molar-refractivity contribution in [2.45, 2.75) is 32.8 Å². The van der Waals surface area contributed by atoms with E-state index in [1.165, 1.54) is 18.2 Å². The van der Waals surface area contributed by atoms with Crippen LogP contribution in [0.5, 0.6) is 0 Å². The van der Waals surface area contributed by atoms with Gasteiger partial charge >= 0.3 is 5.97 Å². The third-order valence-electron chi connectivity index (χ3n) is 3.31. The molecule has 2 atom stereocenters. The first-order valence-corrected chi connectivity index (χ1v) is 5.42. The third-order valence-corrected chi connectivity index (χ3v) is 3.31. The molecule has 2 rings (SSSR count). The fourth-order valence-electron chi connectivity index (χ4n) is 1.73. The molecule has 1 fully saturated rings. The molecule has 0 bridgehead atoms. The maximum Gasteiger partial charge on any atom is 0.338 e. The molecule has 0 heterocycles. The minimum atomic E-state index is -0.366. The van der Waals surface area contributed by atoms with Crippen LogP contribution in [0, 0.1) is 18.7 Å². The molecule has 2 nitrogen and oxygen atoms in total. The van der Waals surface area contributed by atoms with Gasteiger partial charge in [-0.15, -0.1) is 0 Å². The lowest BCUT2D eigenvalue weighted by Crippen LogP contribution is -2.18. The van der Waals surface area contributed by atoms with Crippen molar-refractivity contribution in [1.82, 2.24) is 0 Å². The second-order valence-corrected chi connectivity index (χ2v) is 4.77. The molecule has 1 saturated carbocycles. The Bertz CT molecular complexity index is 442. The van der Waals surface area contributed by atoms with Gasteiger partial charge in [-0.2, -0.15) is 0 Å². The lowest BCUT2D eigenvalue weighted by atomic mass is 10.1. The lowest BCUT2D eigenvalue weighted by Gasteiger charge is -2.12. The van der Waals surface area contributed by atoms with Crippen molar-refractivity contribution in [3.63, 3.8) is 0 Å². The molecule has 1 aliphatic carbocycles. The van der Waals surface area contributed by atoms with Crippen LogP contribution < -0.4 is 0 Å². The molecule has 0 aromatic heterocycles. The van der Waals surface area contributed by atoms with E-state index in [9.17, 15) is 9.18 Å². The summed E-state index contributed by atoms with van der Waals surface area (Å²) < 4.78 is 18.4. The monoisotopic (exact) mass is 222 g/mol. The van der Waals surface area contributed by atoms with Crippen molar-refractivity contribution in [3.05, 3.63) is 35.1 Å². The number of rotatable bonds is 2. The number of aryl methyl sites for hydroxylation is 1. The fraction of sp³-hybridized carbons (Fsp3) is 0.462. The minimum Gasteiger partial charge on any atom is -0.455 e. The Morgan fingerprint density at radius 1 is 1.56 bits per heavy atom. The number of carbonyl (C=O) groups is 1. The zero-order valence-corrected chi connectivity index (χ0v) is 9.71. The molecule has 1 aromatic rings. The molecule has 0 aliphatic heterocycles. The second kappa shape index (κ2) is 3.58. The fourth-order valence-corrected chi connectivity index (χ4v) is 1.73. The minimum absolute atomic E-state index is 0.303. The summed E-state index contributed by atoms with van der Waals surface area (Å²) in [5.74, 6) is -0.254. The van der Waals surface area contributed by atoms with Crippen LogP contribution in [0.2, 0.25) is 0 Å². The van der Waals surface area contributed by atoms with Crippen molar-refractivity contribution in [3.8, 4) is 0 Å². The highest BCUT2D eigenvalue weighted by atomic mass is 19.1. The van der Waals surface area contributed by atoms with Gasteiger partial charge in [0.1, 0.15) is 11.4 Å². The van der Waals surface area contributed by atoms with Crippen LogP contribution in [-0.2, 0) is 4.74 Å². The first-order chi connectivity index (χ1) is 7.42. The Morgan fingerprint density at radius 3 is 2.69 bits per heavy atom. The summed E-state index contributed by atoms with van der Waals surface area (Å²) in [6.07, 6.45) is 0.902. The maximum absolute atomic E-state index is 13.0. The molecule has 86 valence electrons. The highest BCUT2D eigenvalue weighted by molar-refractivity contribution is 5.90. The number of hydrogen-bond acceptors (Lipinski definition) is 2. The van der Waals surface area contributed by atoms with Gasteiger partial charge in [0, 0.05) is 0 Å². The highest BCUT2D eigenvalue weighted by Gasteiger charge is 2.50. The number of ether oxygens (including phenoxy) is 1. The lowest BCUT2D eigenvalue weighted by molar-refractivity contribution is 0.0238. The molecule has 0 unspecified atom stereocenters. The average molecular weight is 222 g/mol. The summed E-state index contributed by atoms with van der Waals surface area (Å²) in [5.41, 5.74) is 0.557. The summed E-state index contributed by atoms with van der Waals surface area (Å²) in [5, 5.41) is 0. The predicted molar refractivity (Wildman–Crippen MR) is 58.7 cm³/mol. The Balaban J connectivity index is 2.12. The summed E-state index contributed by atoms with van der Waals surface area (Å²) in [7, 11) is 0. The molecular formula is C13H15FO2. The largest absolute Gasteiger partial charge is 0.455 e. The van der Waals surface area contributed by atoms with Crippen molar-refractivity contribution < 1.29 is 13.9 Å². The van der Waals surface area contributed by atoms with Crippen LogP contribution in [0.15, 0.2) is 18.2 Å². The average Bonchev–Trinajstić information content (AvgIpc) is 2.78. The van der Waals surface area contributed by atoms with Crippen molar-refractivity contribution in [1.29, 1.82) is 0 Å². The number of esters is 1.